The number of hydrogen-bond donors (Lipinski definition) is 2. The number of aliphatic hydroxyl groups is 1. The molecule has 0 aromatic rings. The Labute approximate surface area is 133 Å². The van der Waals surface area contributed by atoms with Crippen molar-refractivity contribution >= 4 is 5.91 Å². The van der Waals surface area contributed by atoms with Crippen LogP contribution in [-0.2, 0) is 9.53 Å². The zero-order chi connectivity index (χ0) is 15.8. The largest absolute Gasteiger partial charge is 0.389 e. The minimum absolute atomic E-state index is 0.172. The molecule has 1 saturated heterocycles. The molecule has 5 nitrogen and oxygen atoms in total. The molecule has 1 amide bonds. The Morgan fingerprint density at radius 1 is 1.45 bits per heavy atom. The zero-order valence-electron chi connectivity index (χ0n) is 13.7. The number of nitrogens with one attached hydrogen (secondary N) is 1. The van der Waals surface area contributed by atoms with Crippen molar-refractivity contribution in [3.8, 4) is 0 Å². The van der Waals surface area contributed by atoms with E-state index in [2.05, 4.69) is 16.3 Å². The average Bonchev–Trinajstić information content (AvgIpc) is 2.50. The highest BCUT2D eigenvalue weighted by molar-refractivity contribution is 5.78. The molecule has 1 atom stereocenters. The minimum atomic E-state index is -0.422. The summed E-state index contributed by atoms with van der Waals surface area (Å²) in [5, 5.41) is 12.9. The van der Waals surface area contributed by atoms with E-state index >= 15 is 0 Å². The molecule has 5 heteroatoms. The van der Waals surface area contributed by atoms with Gasteiger partial charge in [-0.25, -0.2) is 0 Å². The van der Waals surface area contributed by atoms with Gasteiger partial charge in [-0.05, 0) is 38.5 Å². The molecular weight excluding hydrogens is 280 g/mol. The van der Waals surface area contributed by atoms with Crippen LogP contribution in [-0.4, -0.2) is 61.4 Å². The van der Waals surface area contributed by atoms with Crippen LogP contribution < -0.4 is 5.32 Å². The SMILES string of the molecule is COCC(O)CN1CCC(NC(=O)CC2=CCCCC2)CC1. The first-order chi connectivity index (χ1) is 10.7. The first kappa shape index (κ1) is 17.4. The van der Waals surface area contributed by atoms with Gasteiger partial charge in [0.15, 0.2) is 0 Å². The molecule has 1 aliphatic carbocycles. The standard InChI is InChI=1S/C17H30N2O3/c1-22-13-16(20)12-19-9-7-15(8-10-19)18-17(21)11-14-5-3-2-4-6-14/h5,15-16,20H,2-4,6-13H2,1H3,(H,18,21). The van der Waals surface area contributed by atoms with Crippen molar-refractivity contribution in [1.29, 1.82) is 0 Å². The lowest BCUT2D eigenvalue weighted by Crippen LogP contribution is -2.47. The van der Waals surface area contributed by atoms with Crippen LogP contribution in [0.1, 0.15) is 44.9 Å². The van der Waals surface area contributed by atoms with Crippen molar-refractivity contribution in [2.24, 2.45) is 0 Å². The number of nitrogens with zero attached hydrogens (tertiary/aromatic N) is 1. The van der Waals surface area contributed by atoms with Crippen molar-refractivity contribution in [3.63, 3.8) is 0 Å². The smallest absolute Gasteiger partial charge is 0.224 e. The van der Waals surface area contributed by atoms with Gasteiger partial charge in [-0.3, -0.25) is 4.79 Å². The number of carbonyl (C=O) groups is 1. The minimum Gasteiger partial charge on any atom is -0.389 e. The number of amides is 1. The molecule has 22 heavy (non-hydrogen) atoms. The number of ether oxygens (including phenoxy) is 1. The van der Waals surface area contributed by atoms with E-state index in [1.165, 1.54) is 18.4 Å². The molecule has 126 valence electrons. The second kappa shape index (κ2) is 9.28. The summed E-state index contributed by atoms with van der Waals surface area (Å²) in [4.78, 5) is 14.3. The second-order valence-corrected chi connectivity index (χ2v) is 6.54. The van der Waals surface area contributed by atoms with E-state index in [1.54, 1.807) is 7.11 Å². The number of rotatable bonds is 7. The van der Waals surface area contributed by atoms with Crippen molar-refractivity contribution in [3.05, 3.63) is 11.6 Å². The molecule has 0 spiro atoms. The topological polar surface area (TPSA) is 61.8 Å². The molecule has 0 bridgehead atoms. The van der Waals surface area contributed by atoms with Crippen LogP contribution >= 0.6 is 0 Å². The Hall–Kier alpha value is -0.910. The highest BCUT2D eigenvalue weighted by Crippen LogP contribution is 2.20. The molecule has 0 aromatic carbocycles. The van der Waals surface area contributed by atoms with Gasteiger partial charge in [-0.1, -0.05) is 11.6 Å². The first-order valence-corrected chi connectivity index (χ1v) is 8.54. The Kier molecular flexibility index (Phi) is 7.36. The van der Waals surface area contributed by atoms with E-state index in [9.17, 15) is 9.90 Å². The lowest BCUT2D eigenvalue weighted by molar-refractivity contribution is -0.121. The van der Waals surface area contributed by atoms with Crippen LogP contribution in [0.5, 0.6) is 0 Å². The van der Waals surface area contributed by atoms with E-state index in [-0.39, 0.29) is 11.9 Å². The van der Waals surface area contributed by atoms with Gasteiger partial charge in [0.25, 0.3) is 0 Å². The summed E-state index contributed by atoms with van der Waals surface area (Å²) in [5.74, 6) is 0.172. The van der Waals surface area contributed by atoms with Gasteiger partial charge in [0.05, 0.1) is 12.7 Å². The number of aliphatic hydroxyl groups excluding tert-OH is 1. The van der Waals surface area contributed by atoms with Crippen molar-refractivity contribution in [2.45, 2.75) is 57.1 Å². The molecule has 1 aliphatic heterocycles. The monoisotopic (exact) mass is 310 g/mol. The third-order valence-corrected chi connectivity index (χ3v) is 4.55. The van der Waals surface area contributed by atoms with Crippen molar-refractivity contribution in [1.82, 2.24) is 10.2 Å². The van der Waals surface area contributed by atoms with Gasteiger partial charge in [0.1, 0.15) is 0 Å². The lowest BCUT2D eigenvalue weighted by atomic mass is 9.96. The number of allylic oxidation sites excluding steroid dienone is 1. The Morgan fingerprint density at radius 2 is 2.23 bits per heavy atom. The Morgan fingerprint density at radius 3 is 2.86 bits per heavy atom. The molecule has 1 heterocycles. The maximum Gasteiger partial charge on any atom is 0.224 e. The summed E-state index contributed by atoms with van der Waals surface area (Å²) in [6, 6.07) is 0.285. The summed E-state index contributed by atoms with van der Waals surface area (Å²) in [6.07, 6.45) is 9.02. The Balaban J connectivity index is 1.64. The molecule has 0 radical (unpaired) electrons. The number of carbonyl (C=O) groups excluding carboxylic acids is 1. The fourth-order valence-electron chi connectivity index (χ4n) is 3.35. The highest BCUT2D eigenvalue weighted by Gasteiger charge is 2.22. The Bertz CT molecular complexity index is 376. The summed E-state index contributed by atoms with van der Waals surface area (Å²) < 4.78 is 4.95. The maximum absolute atomic E-state index is 12.1. The maximum atomic E-state index is 12.1. The predicted molar refractivity (Wildman–Crippen MR) is 86.7 cm³/mol. The highest BCUT2D eigenvalue weighted by atomic mass is 16.5. The summed E-state index contributed by atoms with van der Waals surface area (Å²) >= 11 is 0. The van der Waals surface area contributed by atoms with Crippen molar-refractivity contribution < 1.29 is 14.6 Å². The quantitative estimate of drug-likeness (QED) is 0.699. The molecule has 1 fully saturated rings. The number of methoxy groups -OCH3 is 1. The van der Waals surface area contributed by atoms with Crippen molar-refractivity contribution in [2.75, 3.05) is 33.4 Å². The van der Waals surface area contributed by atoms with Crippen LogP contribution in [0.3, 0.4) is 0 Å². The number of likely N-dealkylation sites (tertiary alicyclic amines) is 1. The summed E-state index contributed by atoms with van der Waals surface area (Å²) in [7, 11) is 1.60. The van der Waals surface area contributed by atoms with Crippen LogP contribution in [0.2, 0.25) is 0 Å². The average molecular weight is 310 g/mol. The van der Waals surface area contributed by atoms with Gasteiger partial charge in [0, 0.05) is 39.2 Å². The predicted octanol–water partition coefficient (Wildman–Crippen LogP) is 1.46. The van der Waals surface area contributed by atoms with E-state index < -0.39 is 6.10 Å². The van der Waals surface area contributed by atoms with E-state index in [0.717, 1.165) is 38.8 Å². The van der Waals surface area contributed by atoms with Crippen LogP contribution in [0.4, 0.5) is 0 Å². The molecule has 2 N–H and O–H groups in total. The van der Waals surface area contributed by atoms with Crippen LogP contribution in [0.15, 0.2) is 11.6 Å². The number of hydrogen-bond acceptors (Lipinski definition) is 4. The third kappa shape index (κ3) is 6.07. The van der Waals surface area contributed by atoms with Gasteiger partial charge in [-0.2, -0.15) is 0 Å². The van der Waals surface area contributed by atoms with E-state index in [4.69, 9.17) is 4.74 Å². The van der Waals surface area contributed by atoms with Crippen LogP contribution in [0, 0.1) is 0 Å². The normalized spacial score (nSPS) is 22.2. The molecule has 1 unspecified atom stereocenters. The second-order valence-electron chi connectivity index (χ2n) is 6.54. The molecule has 2 rings (SSSR count). The number of β-amino-alcohol motifs (C(OH)–C–C–N with tert-alkyl or cyclic N) is 1. The first-order valence-electron chi connectivity index (χ1n) is 8.54. The van der Waals surface area contributed by atoms with Crippen LogP contribution in [0.25, 0.3) is 0 Å². The van der Waals surface area contributed by atoms with E-state index in [1.807, 2.05) is 0 Å². The van der Waals surface area contributed by atoms with Gasteiger partial charge >= 0.3 is 0 Å². The summed E-state index contributed by atoms with van der Waals surface area (Å²) in [5.41, 5.74) is 1.31. The summed E-state index contributed by atoms with van der Waals surface area (Å²) in [6.45, 7) is 2.88. The van der Waals surface area contributed by atoms with Gasteiger partial charge in [0.2, 0.25) is 5.91 Å². The molecular formula is C17H30N2O3. The molecule has 0 aromatic heterocycles. The third-order valence-electron chi connectivity index (χ3n) is 4.55. The van der Waals surface area contributed by atoms with E-state index in [0.29, 0.717) is 19.6 Å². The fraction of sp³-hybridized carbons (Fsp3) is 0.824. The molecule has 0 saturated carbocycles. The fourth-order valence-corrected chi connectivity index (χ4v) is 3.35. The molecule has 2 aliphatic rings. The van der Waals surface area contributed by atoms with Gasteiger partial charge in [-0.15, -0.1) is 0 Å². The van der Waals surface area contributed by atoms with Gasteiger partial charge < -0.3 is 20.1 Å². The zero-order valence-corrected chi connectivity index (χ0v) is 13.7. The number of piperidine rings is 1. The lowest BCUT2D eigenvalue weighted by Gasteiger charge is -2.33.